The van der Waals surface area contributed by atoms with Crippen LogP contribution in [0.3, 0.4) is 0 Å². The molecule has 0 unspecified atom stereocenters. The largest absolute Gasteiger partial charge is 0.493 e. The van der Waals surface area contributed by atoms with Gasteiger partial charge in [0, 0.05) is 19.2 Å². The van der Waals surface area contributed by atoms with Crippen LogP contribution in [0.4, 0.5) is 24.5 Å². The van der Waals surface area contributed by atoms with Gasteiger partial charge in [0.05, 0.1) is 36.1 Å². The molecule has 6 nitrogen and oxygen atoms in total. The molecule has 0 aromatic heterocycles. The van der Waals surface area contributed by atoms with Crippen LogP contribution in [0.2, 0.25) is 0 Å². The van der Waals surface area contributed by atoms with Crippen LogP contribution in [0, 0.1) is 0 Å². The normalized spacial score (nSPS) is 13.9. The number of rotatable bonds is 6. The van der Waals surface area contributed by atoms with Crippen molar-refractivity contribution in [1.82, 2.24) is 0 Å². The van der Waals surface area contributed by atoms with E-state index in [4.69, 9.17) is 9.47 Å². The number of hydrogen-bond acceptors (Lipinski definition) is 5. The van der Waals surface area contributed by atoms with E-state index in [0.29, 0.717) is 30.9 Å². The van der Waals surface area contributed by atoms with Gasteiger partial charge in [-0.3, -0.25) is 4.72 Å². The van der Waals surface area contributed by atoms with Gasteiger partial charge in [-0.1, -0.05) is 24.3 Å². The molecule has 3 aromatic rings. The fraction of sp³-hybridized carbons (Fsp3) is 0.250. The first-order valence-electron chi connectivity index (χ1n) is 10.4. The number of halogens is 3. The minimum atomic E-state index is -4.63. The van der Waals surface area contributed by atoms with Crippen LogP contribution in [-0.4, -0.2) is 29.2 Å². The molecule has 1 aliphatic heterocycles. The smallest absolute Gasteiger partial charge is 0.416 e. The Balaban J connectivity index is 1.74. The SMILES string of the molecule is COc1ccc(S(=O)(=O)Nc2cc(C(F)(F)F)ccc2N2CCc3ccccc3C2)cc1OC. The van der Waals surface area contributed by atoms with E-state index < -0.39 is 21.8 Å². The highest BCUT2D eigenvalue weighted by molar-refractivity contribution is 7.92. The fourth-order valence-corrected chi connectivity index (χ4v) is 5.04. The van der Waals surface area contributed by atoms with E-state index in [2.05, 4.69) is 4.72 Å². The van der Waals surface area contributed by atoms with E-state index in [9.17, 15) is 21.6 Å². The van der Waals surface area contributed by atoms with E-state index in [1.807, 2.05) is 29.2 Å². The van der Waals surface area contributed by atoms with Crippen molar-refractivity contribution in [3.8, 4) is 11.5 Å². The summed E-state index contributed by atoms with van der Waals surface area (Å²) < 4.78 is 79.3. The molecule has 10 heteroatoms. The van der Waals surface area contributed by atoms with Crippen molar-refractivity contribution in [2.75, 3.05) is 30.4 Å². The number of ether oxygens (including phenoxy) is 2. The maximum absolute atomic E-state index is 13.5. The van der Waals surface area contributed by atoms with Crippen LogP contribution in [0.1, 0.15) is 16.7 Å². The Morgan fingerprint density at radius 3 is 2.29 bits per heavy atom. The Labute approximate surface area is 196 Å². The zero-order valence-electron chi connectivity index (χ0n) is 18.5. The number of methoxy groups -OCH3 is 2. The number of sulfonamides is 1. The summed E-state index contributed by atoms with van der Waals surface area (Å²) >= 11 is 0. The topological polar surface area (TPSA) is 67.9 Å². The fourth-order valence-electron chi connectivity index (χ4n) is 3.96. The van der Waals surface area contributed by atoms with E-state index in [1.165, 1.54) is 38.5 Å². The van der Waals surface area contributed by atoms with Crippen molar-refractivity contribution < 1.29 is 31.1 Å². The van der Waals surface area contributed by atoms with Gasteiger partial charge in [0.25, 0.3) is 10.0 Å². The third kappa shape index (κ3) is 4.77. The van der Waals surface area contributed by atoms with E-state index >= 15 is 0 Å². The molecule has 1 N–H and O–H groups in total. The molecule has 0 bridgehead atoms. The first-order valence-corrected chi connectivity index (χ1v) is 11.9. The van der Waals surface area contributed by atoms with Crippen molar-refractivity contribution in [3.05, 3.63) is 77.4 Å². The molecule has 0 spiro atoms. The van der Waals surface area contributed by atoms with Crippen molar-refractivity contribution in [2.45, 2.75) is 24.0 Å². The predicted octanol–water partition coefficient (Wildman–Crippen LogP) is 5.09. The summed E-state index contributed by atoms with van der Waals surface area (Å²) in [5, 5.41) is 0. The molecular weight excluding hydrogens is 469 g/mol. The molecule has 0 amide bonds. The summed E-state index contributed by atoms with van der Waals surface area (Å²) in [5.41, 5.74) is 1.48. The van der Waals surface area contributed by atoms with Crippen molar-refractivity contribution in [3.63, 3.8) is 0 Å². The molecule has 34 heavy (non-hydrogen) atoms. The zero-order valence-corrected chi connectivity index (χ0v) is 19.3. The molecule has 0 saturated heterocycles. The van der Waals surface area contributed by atoms with Crippen LogP contribution >= 0.6 is 0 Å². The lowest BCUT2D eigenvalue weighted by atomic mass is 9.99. The van der Waals surface area contributed by atoms with Gasteiger partial charge < -0.3 is 14.4 Å². The number of hydrogen-bond donors (Lipinski definition) is 1. The highest BCUT2D eigenvalue weighted by atomic mass is 32.2. The first kappa shape index (κ1) is 23.7. The van der Waals surface area contributed by atoms with Crippen LogP contribution in [-0.2, 0) is 29.2 Å². The quantitative estimate of drug-likeness (QED) is 0.520. The maximum Gasteiger partial charge on any atom is 0.416 e. The summed E-state index contributed by atoms with van der Waals surface area (Å²) in [6.07, 6.45) is -3.93. The average Bonchev–Trinajstić information content (AvgIpc) is 2.82. The van der Waals surface area contributed by atoms with Gasteiger partial charge in [0.15, 0.2) is 11.5 Å². The van der Waals surface area contributed by atoms with Crippen molar-refractivity contribution in [1.29, 1.82) is 0 Å². The zero-order chi connectivity index (χ0) is 24.5. The Bertz CT molecular complexity index is 1310. The monoisotopic (exact) mass is 492 g/mol. The third-order valence-electron chi connectivity index (χ3n) is 5.70. The molecule has 0 radical (unpaired) electrons. The van der Waals surface area contributed by atoms with Gasteiger partial charge in [-0.25, -0.2) is 8.42 Å². The molecule has 0 aliphatic carbocycles. The summed E-state index contributed by atoms with van der Waals surface area (Å²) in [6.45, 7) is 0.986. The van der Waals surface area contributed by atoms with Gasteiger partial charge in [0.2, 0.25) is 0 Å². The van der Waals surface area contributed by atoms with Crippen LogP contribution in [0.15, 0.2) is 65.6 Å². The van der Waals surface area contributed by atoms with Crippen LogP contribution in [0.5, 0.6) is 11.5 Å². The van der Waals surface area contributed by atoms with Gasteiger partial charge in [0.1, 0.15) is 0 Å². The minimum Gasteiger partial charge on any atom is -0.493 e. The molecular formula is C24H23F3N2O4S. The number of anilines is 2. The van der Waals surface area contributed by atoms with Crippen molar-refractivity contribution in [2.24, 2.45) is 0 Å². The molecule has 3 aromatic carbocycles. The first-order chi connectivity index (χ1) is 16.1. The second-order valence-corrected chi connectivity index (χ2v) is 9.47. The Hall–Kier alpha value is -3.40. The molecule has 1 aliphatic rings. The third-order valence-corrected chi connectivity index (χ3v) is 7.07. The van der Waals surface area contributed by atoms with Gasteiger partial charge in [-0.05, 0) is 47.9 Å². The summed E-state index contributed by atoms with van der Waals surface area (Å²) in [5.74, 6) is 0.510. The number of nitrogens with one attached hydrogen (secondary N) is 1. The molecule has 1 heterocycles. The van der Waals surface area contributed by atoms with Gasteiger partial charge >= 0.3 is 6.18 Å². The standard InChI is InChI=1S/C24H23F3N2O4S/c1-32-22-10-8-19(14-23(22)33-2)34(30,31)28-20-13-18(24(25,26)27)7-9-21(20)29-12-11-16-5-3-4-6-17(16)15-29/h3-10,13-14,28H,11-12,15H2,1-2H3. The van der Waals surface area contributed by atoms with Gasteiger partial charge in [-0.2, -0.15) is 13.2 Å². The second-order valence-electron chi connectivity index (χ2n) is 7.79. The lowest BCUT2D eigenvalue weighted by Gasteiger charge is -2.32. The summed E-state index contributed by atoms with van der Waals surface area (Å²) in [7, 11) is -1.46. The summed E-state index contributed by atoms with van der Waals surface area (Å²) in [6, 6.07) is 14.9. The summed E-state index contributed by atoms with van der Waals surface area (Å²) in [4.78, 5) is 1.70. The molecule has 0 saturated carbocycles. The second kappa shape index (κ2) is 9.09. The van der Waals surface area contributed by atoms with E-state index in [-0.39, 0.29) is 16.3 Å². The Kier molecular flexibility index (Phi) is 6.35. The highest BCUT2D eigenvalue weighted by Gasteiger charge is 2.32. The van der Waals surface area contributed by atoms with Crippen LogP contribution < -0.4 is 19.1 Å². The molecule has 4 rings (SSSR count). The average molecular weight is 493 g/mol. The van der Waals surface area contributed by atoms with Gasteiger partial charge in [-0.15, -0.1) is 0 Å². The van der Waals surface area contributed by atoms with Crippen LogP contribution in [0.25, 0.3) is 0 Å². The lowest BCUT2D eigenvalue weighted by molar-refractivity contribution is -0.137. The Morgan fingerprint density at radius 2 is 1.62 bits per heavy atom. The number of nitrogens with zero attached hydrogens (tertiary/aromatic N) is 1. The Morgan fingerprint density at radius 1 is 0.912 bits per heavy atom. The number of fused-ring (bicyclic) bond motifs is 1. The predicted molar refractivity (Wildman–Crippen MR) is 123 cm³/mol. The molecule has 0 atom stereocenters. The number of alkyl halides is 3. The molecule has 180 valence electrons. The molecule has 0 fully saturated rings. The number of benzene rings is 3. The lowest BCUT2D eigenvalue weighted by Crippen LogP contribution is -2.31. The minimum absolute atomic E-state index is 0.149. The maximum atomic E-state index is 13.5. The van der Waals surface area contributed by atoms with E-state index in [1.54, 1.807) is 0 Å². The highest BCUT2D eigenvalue weighted by Crippen LogP contribution is 2.38. The van der Waals surface area contributed by atoms with Crippen molar-refractivity contribution >= 4 is 21.4 Å². The van der Waals surface area contributed by atoms with E-state index in [0.717, 1.165) is 23.3 Å².